The predicted molar refractivity (Wildman–Crippen MR) is 83.2 cm³/mol. The minimum Gasteiger partial charge on any atom is -0.348 e. The van der Waals surface area contributed by atoms with E-state index in [4.69, 9.17) is 0 Å². The first-order valence-electron chi connectivity index (χ1n) is 6.80. The van der Waals surface area contributed by atoms with E-state index in [1.54, 1.807) is 6.20 Å². The molecule has 2 aromatic rings. The lowest BCUT2D eigenvalue weighted by Gasteiger charge is -2.09. The molecule has 8 nitrogen and oxygen atoms in total. The molecule has 0 aliphatic rings. The van der Waals surface area contributed by atoms with E-state index < -0.39 is 10.0 Å². The van der Waals surface area contributed by atoms with Gasteiger partial charge in [-0.25, -0.2) is 18.1 Å². The largest absolute Gasteiger partial charge is 0.348 e. The highest BCUT2D eigenvalue weighted by molar-refractivity contribution is 7.89. The Morgan fingerprint density at radius 1 is 1.22 bits per heavy atom. The zero-order valence-corrected chi connectivity index (χ0v) is 13.8. The third-order valence-electron chi connectivity index (χ3n) is 3.43. The lowest BCUT2D eigenvalue weighted by Crippen LogP contribution is -2.24. The third-order valence-corrected chi connectivity index (χ3v) is 4.76. The van der Waals surface area contributed by atoms with Crippen LogP contribution < -0.4 is 10.0 Å². The fourth-order valence-electron chi connectivity index (χ4n) is 1.82. The first-order chi connectivity index (χ1) is 10.8. The van der Waals surface area contributed by atoms with Crippen LogP contribution >= 0.6 is 0 Å². The van der Waals surface area contributed by atoms with Gasteiger partial charge in [-0.3, -0.25) is 4.79 Å². The molecular formula is C14H17N5O3S. The number of carbonyl (C=O) groups excluding carboxylic acids is 1. The third kappa shape index (κ3) is 3.88. The van der Waals surface area contributed by atoms with Gasteiger partial charge >= 0.3 is 0 Å². The van der Waals surface area contributed by atoms with Gasteiger partial charge in [-0.1, -0.05) is 0 Å². The van der Waals surface area contributed by atoms with Crippen molar-refractivity contribution in [1.29, 1.82) is 0 Å². The van der Waals surface area contributed by atoms with Gasteiger partial charge < -0.3 is 5.32 Å². The van der Waals surface area contributed by atoms with Gasteiger partial charge in [0, 0.05) is 12.7 Å². The maximum absolute atomic E-state index is 12.1. The number of nitrogens with zero attached hydrogens (tertiary/aromatic N) is 3. The molecular weight excluding hydrogens is 318 g/mol. The Kier molecular flexibility index (Phi) is 5.02. The van der Waals surface area contributed by atoms with E-state index in [2.05, 4.69) is 25.2 Å². The minimum absolute atomic E-state index is 0.138. The lowest BCUT2D eigenvalue weighted by atomic mass is 10.1. The van der Waals surface area contributed by atoms with Crippen LogP contribution in [-0.4, -0.2) is 36.6 Å². The second-order valence-electron chi connectivity index (χ2n) is 4.86. The van der Waals surface area contributed by atoms with Gasteiger partial charge in [0.25, 0.3) is 15.9 Å². The van der Waals surface area contributed by atoms with E-state index in [1.165, 1.54) is 25.4 Å². The molecule has 0 aliphatic heterocycles. The van der Waals surface area contributed by atoms with Crippen LogP contribution in [0, 0.1) is 13.8 Å². The number of rotatable bonds is 5. The Morgan fingerprint density at radius 2 is 1.96 bits per heavy atom. The summed E-state index contributed by atoms with van der Waals surface area (Å²) in [6, 6.07) is 2.69. The molecule has 0 saturated heterocycles. The molecule has 1 amide bonds. The highest BCUT2D eigenvalue weighted by atomic mass is 32.2. The summed E-state index contributed by atoms with van der Waals surface area (Å²) in [5.41, 5.74) is 2.92. The number of hydrogen-bond donors (Lipinski definition) is 2. The van der Waals surface area contributed by atoms with Gasteiger partial charge in [0.15, 0.2) is 5.03 Å². The first kappa shape index (κ1) is 17.0. The highest BCUT2D eigenvalue weighted by Gasteiger charge is 2.14. The maximum Gasteiger partial charge on any atom is 0.257 e. The lowest BCUT2D eigenvalue weighted by molar-refractivity contribution is 0.0950. The van der Waals surface area contributed by atoms with Crippen molar-refractivity contribution in [3.05, 3.63) is 46.9 Å². The Balaban J connectivity index is 2.08. The van der Waals surface area contributed by atoms with Crippen LogP contribution in [0.3, 0.4) is 0 Å². The number of hydrogen-bond acceptors (Lipinski definition) is 6. The number of aryl methyl sites for hydroxylation is 1. The Hall–Kier alpha value is -2.39. The summed E-state index contributed by atoms with van der Waals surface area (Å²) in [6.45, 7) is 4.06. The predicted octanol–water partition coefficient (Wildman–Crippen LogP) is 0.327. The molecule has 0 spiro atoms. The van der Waals surface area contributed by atoms with Crippen molar-refractivity contribution in [1.82, 2.24) is 25.2 Å². The average molecular weight is 335 g/mol. The van der Waals surface area contributed by atoms with Crippen molar-refractivity contribution in [2.75, 3.05) is 7.05 Å². The second-order valence-corrected chi connectivity index (χ2v) is 6.69. The Labute approximate surface area is 134 Å². The zero-order valence-electron chi connectivity index (χ0n) is 13.0. The number of carbonyl (C=O) groups is 1. The second kappa shape index (κ2) is 6.80. The molecule has 0 atom stereocenters. The Morgan fingerprint density at radius 3 is 2.57 bits per heavy atom. The van der Waals surface area contributed by atoms with Gasteiger partial charge in [0.1, 0.15) is 0 Å². The first-order valence-corrected chi connectivity index (χ1v) is 8.29. The van der Waals surface area contributed by atoms with Crippen LogP contribution in [0.5, 0.6) is 0 Å². The highest BCUT2D eigenvalue weighted by Crippen LogP contribution is 2.09. The smallest absolute Gasteiger partial charge is 0.257 e. The summed E-state index contributed by atoms with van der Waals surface area (Å²) in [4.78, 5) is 15.9. The molecule has 2 rings (SSSR count). The van der Waals surface area contributed by atoms with E-state index in [0.717, 1.165) is 16.8 Å². The van der Waals surface area contributed by atoms with E-state index in [1.807, 2.05) is 13.8 Å². The van der Waals surface area contributed by atoms with Crippen molar-refractivity contribution < 1.29 is 13.2 Å². The molecule has 122 valence electrons. The van der Waals surface area contributed by atoms with Gasteiger partial charge in [-0.05, 0) is 44.2 Å². The van der Waals surface area contributed by atoms with Gasteiger partial charge in [0.05, 0.1) is 17.5 Å². The van der Waals surface area contributed by atoms with Crippen LogP contribution in [-0.2, 0) is 16.6 Å². The van der Waals surface area contributed by atoms with Crippen molar-refractivity contribution in [3.8, 4) is 0 Å². The number of nitrogens with one attached hydrogen (secondary N) is 2. The van der Waals surface area contributed by atoms with Crippen molar-refractivity contribution >= 4 is 15.9 Å². The van der Waals surface area contributed by atoms with Gasteiger partial charge in [-0.15, -0.1) is 0 Å². The number of amides is 1. The van der Waals surface area contributed by atoms with Crippen molar-refractivity contribution in [2.45, 2.75) is 25.4 Å². The molecule has 0 radical (unpaired) electrons. The zero-order chi connectivity index (χ0) is 17.0. The van der Waals surface area contributed by atoms with Crippen molar-refractivity contribution in [3.63, 3.8) is 0 Å². The molecule has 2 aromatic heterocycles. The SMILES string of the molecule is CNS(=O)(=O)c1ccc(C(=O)NCc2cnnc(C)c2C)cn1. The van der Waals surface area contributed by atoms with Gasteiger partial charge in [0.2, 0.25) is 0 Å². The molecule has 2 N–H and O–H groups in total. The Bertz CT molecular complexity index is 819. The minimum atomic E-state index is -3.61. The number of sulfonamides is 1. The summed E-state index contributed by atoms with van der Waals surface area (Å²) < 4.78 is 25.3. The molecule has 2 heterocycles. The summed E-state index contributed by atoms with van der Waals surface area (Å²) in [6.07, 6.45) is 2.83. The van der Waals surface area contributed by atoms with E-state index >= 15 is 0 Å². The molecule has 0 saturated carbocycles. The topological polar surface area (TPSA) is 114 Å². The van der Waals surface area contributed by atoms with Crippen LogP contribution in [0.1, 0.15) is 27.2 Å². The molecule has 0 unspecified atom stereocenters. The molecule has 0 aromatic carbocycles. The molecule has 0 aliphatic carbocycles. The monoisotopic (exact) mass is 335 g/mol. The maximum atomic E-state index is 12.1. The van der Waals surface area contributed by atoms with Crippen LogP contribution in [0.25, 0.3) is 0 Å². The molecule has 9 heteroatoms. The van der Waals surface area contributed by atoms with E-state index in [-0.39, 0.29) is 16.5 Å². The fourth-order valence-corrected chi connectivity index (χ4v) is 2.47. The van der Waals surface area contributed by atoms with Gasteiger partial charge in [-0.2, -0.15) is 10.2 Å². The standard InChI is InChI=1S/C14H17N5O3S/c1-9-10(2)19-18-8-12(9)7-17-14(20)11-4-5-13(16-6-11)23(21,22)15-3/h4-6,8,15H,7H2,1-3H3,(H,17,20). The average Bonchev–Trinajstić information content (AvgIpc) is 2.56. The van der Waals surface area contributed by atoms with Crippen LogP contribution in [0.2, 0.25) is 0 Å². The molecule has 0 fully saturated rings. The molecule has 0 bridgehead atoms. The number of pyridine rings is 1. The number of aromatic nitrogens is 3. The van der Waals surface area contributed by atoms with Crippen LogP contribution in [0.15, 0.2) is 29.6 Å². The van der Waals surface area contributed by atoms with Crippen molar-refractivity contribution in [2.24, 2.45) is 0 Å². The summed E-state index contributed by atoms with van der Waals surface area (Å²) in [5, 5.41) is 10.4. The van der Waals surface area contributed by atoms with E-state index in [0.29, 0.717) is 6.54 Å². The van der Waals surface area contributed by atoms with Crippen LogP contribution in [0.4, 0.5) is 0 Å². The fraction of sp³-hybridized carbons (Fsp3) is 0.286. The van der Waals surface area contributed by atoms with E-state index in [9.17, 15) is 13.2 Å². The quantitative estimate of drug-likeness (QED) is 0.814. The summed E-state index contributed by atoms with van der Waals surface area (Å²) in [7, 11) is -2.32. The normalized spacial score (nSPS) is 11.3. The summed E-state index contributed by atoms with van der Waals surface area (Å²) >= 11 is 0. The molecule has 23 heavy (non-hydrogen) atoms. The summed E-state index contributed by atoms with van der Waals surface area (Å²) in [5.74, 6) is -0.347.